The number of hydrogen-bond acceptors (Lipinski definition) is 29. The van der Waals surface area contributed by atoms with Gasteiger partial charge in [0.05, 0.1) is 50.9 Å². The number of phosphoric ester groups is 3. The molecule has 3 saturated heterocycles. The van der Waals surface area contributed by atoms with Gasteiger partial charge in [0.15, 0.2) is 35.2 Å². The van der Waals surface area contributed by atoms with Gasteiger partial charge in [-0.3, -0.25) is 51.4 Å². The summed E-state index contributed by atoms with van der Waals surface area (Å²) in [6.45, 7) is -3.19. The topological polar surface area (TPSA) is 553 Å². The standard InChI is InChI=1S/C32H43N15O23P4S/c1-44-9-47(25-15(44)27(53)43-32(35)41-25)28-18(50)16(48)10(66-28)3-63-72(56,57)69-74(60,61)70-73(58,59)64-4-11-20(21(62-2)29(67-11)45-7-38-13-22(33)36-6-37-23(13)45)68-71(54,55)65-5-12-17(49)19(51)30(75-12)46-8-39-14-24(46)40-31(34)42-26(14)52/h6-12,16-21,28-30,48-51H,3-5H2,1-2H3,(H11-,33,34,35,36,37,40,41,42,43,52,53,54,55,56,57,58,59,60,61)/p+1. The number of anilines is 3. The maximum absolute atomic E-state index is 13.7. The summed E-state index contributed by atoms with van der Waals surface area (Å²) in [5.74, 6) is -0.657. The highest BCUT2D eigenvalue weighted by Crippen LogP contribution is 2.68. The van der Waals surface area contributed by atoms with Crippen molar-refractivity contribution in [3.05, 3.63) is 46.0 Å². The van der Waals surface area contributed by atoms with Crippen LogP contribution in [-0.2, 0) is 66.2 Å². The van der Waals surface area contributed by atoms with Crippen LogP contribution >= 0.6 is 43.1 Å². The van der Waals surface area contributed by atoms with E-state index in [1.54, 1.807) is 0 Å². The number of nitrogen functional groups attached to an aromatic ring is 3. The zero-order valence-corrected chi connectivity index (χ0v) is 42.4. The summed E-state index contributed by atoms with van der Waals surface area (Å²) in [5, 5.41) is 41.1. The van der Waals surface area contributed by atoms with Gasteiger partial charge in [-0.15, -0.1) is 11.8 Å². The Hall–Kier alpha value is -4.76. The fourth-order valence-electron chi connectivity index (χ4n) is 8.29. The number of aromatic amines is 2. The Labute approximate surface area is 419 Å². The van der Waals surface area contributed by atoms with Crippen molar-refractivity contribution in [3.63, 3.8) is 0 Å². The van der Waals surface area contributed by atoms with Crippen LogP contribution in [0.4, 0.5) is 17.7 Å². The summed E-state index contributed by atoms with van der Waals surface area (Å²) in [5.41, 5.74) is 15.7. The van der Waals surface area contributed by atoms with E-state index in [1.165, 1.54) is 27.1 Å². The van der Waals surface area contributed by atoms with E-state index < -0.39 is 134 Å². The number of H-pyrrole nitrogens is 2. The second-order valence-corrected chi connectivity index (χ2v) is 23.9. The van der Waals surface area contributed by atoms with E-state index in [0.717, 1.165) is 42.4 Å². The monoisotopic (exact) mass is 1160 g/mol. The van der Waals surface area contributed by atoms with E-state index in [9.17, 15) is 67.8 Å². The molecule has 75 heavy (non-hydrogen) atoms. The number of aryl methyl sites for hydroxylation is 1. The molecule has 3 fully saturated rings. The van der Waals surface area contributed by atoms with E-state index in [1.807, 2.05) is 0 Å². The molecule has 16 atom stereocenters. The molecule has 6 aromatic rings. The van der Waals surface area contributed by atoms with Gasteiger partial charge >= 0.3 is 36.9 Å². The van der Waals surface area contributed by atoms with Gasteiger partial charge in [-0.25, -0.2) is 42.8 Å². The van der Waals surface area contributed by atoms with Crippen molar-refractivity contribution in [3.8, 4) is 0 Å². The summed E-state index contributed by atoms with van der Waals surface area (Å²) in [7, 11) is -20.8. The van der Waals surface area contributed by atoms with E-state index in [0.29, 0.717) is 0 Å². The molecule has 0 radical (unpaired) electrons. The Morgan fingerprint density at radius 1 is 0.720 bits per heavy atom. The number of aliphatic hydroxyl groups excluding tert-OH is 4. The Bertz CT molecular complexity index is 3470. The molecule has 3 aliphatic heterocycles. The van der Waals surface area contributed by atoms with Crippen LogP contribution in [0.25, 0.3) is 33.5 Å². The van der Waals surface area contributed by atoms with Gasteiger partial charge < -0.3 is 71.4 Å². The van der Waals surface area contributed by atoms with Gasteiger partial charge in [-0.05, 0) is 0 Å². The molecule has 6 aromatic heterocycles. The van der Waals surface area contributed by atoms with Crippen LogP contribution in [0.15, 0.2) is 34.9 Å². The number of methoxy groups -OCH3 is 1. The third-order valence-electron chi connectivity index (χ3n) is 11.6. The minimum absolute atomic E-state index is 0.0198. The first-order valence-corrected chi connectivity index (χ1v) is 28.1. The van der Waals surface area contributed by atoms with Crippen molar-refractivity contribution >= 4 is 94.3 Å². The van der Waals surface area contributed by atoms with Crippen LogP contribution in [0.3, 0.4) is 0 Å². The van der Waals surface area contributed by atoms with E-state index >= 15 is 0 Å². The third kappa shape index (κ3) is 11.1. The average Bonchev–Trinajstić information content (AvgIpc) is 4.17. The lowest BCUT2D eigenvalue weighted by atomic mass is 10.1. The van der Waals surface area contributed by atoms with E-state index in [-0.39, 0.29) is 51.2 Å². The van der Waals surface area contributed by atoms with Gasteiger partial charge in [0.1, 0.15) is 59.9 Å². The van der Waals surface area contributed by atoms with Crippen molar-refractivity contribution < 1.29 is 104 Å². The summed E-state index contributed by atoms with van der Waals surface area (Å²) < 4.78 is 104. The molecule has 410 valence electrons. The van der Waals surface area contributed by atoms with Crippen molar-refractivity contribution in [2.75, 3.05) is 44.1 Å². The highest BCUT2D eigenvalue weighted by Gasteiger charge is 2.54. The third-order valence-corrected chi connectivity index (χ3v) is 18.3. The van der Waals surface area contributed by atoms with E-state index in [4.69, 9.17) is 49.5 Å². The number of imidazole rings is 3. The Morgan fingerprint density at radius 2 is 1.35 bits per heavy atom. The van der Waals surface area contributed by atoms with Crippen LogP contribution in [0.5, 0.6) is 0 Å². The lowest BCUT2D eigenvalue weighted by molar-refractivity contribution is -0.745. The number of nitrogens with one attached hydrogen (secondary N) is 2. The maximum Gasteiger partial charge on any atom is 0.490 e. The van der Waals surface area contributed by atoms with Gasteiger partial charge in [0.2, 0.25) is 17.7 Å². The molecule has 0 aliphatic carbocycles. The molecule has 3 aliphatic rings. The average molecular weight is 1160 g/mol. The van der Waals surface area contributed by atoms with Gasteiger partial charge in [-0.1, -0.05) is 4.98 Å². The second kappa shape index (κ2) is 20.6. The minimum atomic E-state index is -6.19. The summed E-state index contributed by atoms with van der Waals surface area (Å²) >= 11 is 0.836. The molecule has 0 aromatic carbocycles. The van der Waals surface area contributed by atoms with Crippen molar-refractivity contribution in [1.29, 1.82) is 0 Å². The molecule has 0 spiro atoms. The fourth-order valence-corrected chi connectivity index (χ4v) is 14.3. The number of fused-ring (bicyclic) bond motifs is 3. The Kier molecular flexibility index (Phi) is 15.1. The number of thioether (sulfide) groups is 1. The first kappa shape index (κ1) is 55.0. The molecule has 0 saturated carbocycles. The highest BCUT2D eigenvalue weighted by molar-refractivity contribution is 8.00. The number of nitrogens with two attached hydrogens (primary N) is 3. The number of aliphatic hydroxyl groups is 4. The van der Waals surface area contributed by atoms with Crippen LogP contribution in [0, 0.1) is 0 Å². The molecule has 38 nitrogen and oxygen atoms in total. The number of rotatable bonds is 19. The second-order valence-electron chi connectivity index (χ2n) is 16.5. The van der Waals surface area contributed by atoms with Crippen LogP contribution in [-0.4, -0.2) is 175 Å². The Morgan fingerprint density at radius 3 is 2.04 bits per heavy atom. The SMILES string of the molecule is COC1C(OP(=O)(O)OCC2SC(n3cnc4c(=O)[nH]c(N)nc43)C(O)C2O)C(COP(=O)(O)OP(=O)(O)OP(=O)(O)OCC2OC([n+]3cn(C)c4c(=O)[nH]c(N)nc43)C(O)C2O)OC1n1cnc2c(N)ncnc21. The normalized spacial score (nSPS) is 30.5. The van der Waals surface area contributed by atoms with Gasteiger partial charge in [0.25, 0.3) is 17.1 Å². The molecular weight excluding hydrogens is 1120 g/mol. The van der Waals surface area contributed by atoms with Crippen molar-refractivity contribution in [1.82, 2.24) is 53.6 Å². The molecule has 9 rings (SSSR count). The smallest absolute Gasteiger partial charge is 0.389 e. The highest BCUT2D eigenvalue weighted by atomic mass is 32.2. The molecule has 0 bridgehead atoms. The molecule has 16 unspecified atom stereocenters. The lowest BCUT2D eigenvalue weighted by Crippen LogP contribution is -2.46. The number of ether oxygens (including phenoxy) is 3. The predicted octanol–water partition coefficient (Wildman–Crippen LogP) is -3.99. The molecule has 0 amide bonds. The van der Waals surface area contributed by atoms with Crippen molar-refractivity contribution in [2.45, 2.75) is 71.9 Å². The zero-order chi connectivity index (χ0) is 54.3. The number of phosphoric acid groups is 4. The molecule has 9 heterocycles. The number of hydrogen-bond donors (Lipinski definition) is 13. The summed E-state index contributed by atoms with van der Waals surface area (Å²) in [6, 6.07) is 0. The maximum atomic E-state index is 13.7. The summed E-state index contributed by atoms with van der Waals surface area (Å²) in [6.07, 6.45) is -12.1. The van der Waals surface area contributed by atoms with E-state index in [2.05, 4.69) is 48.5 Å². The lowest BCUT2D eigenvalue weighted by Gasteiger charge is -2.26. The predicted molar refractivity (Wildman–Crippen MR) is 245 cm³/mol. The first-order valence-electron chi connectivity index (χ1n) is 21.2. The quantitative estimate of drug-likeness (QED) is 0.0272. The molecule has 43 heteroatoms. The molecular formula is C32H44N15O23P4S+. The molecule has 16 N–H and O–H groups in total. The van der Waals surface area contributed by atoms with Crippen LogP contribution < -0.4 is 32.9 Å². The van der Waals surface area contributed by atoms with Crippen LogP contribution in [0.1, 0.15) is 17.8 Å². The minimum Gasteiger partial charge on any atom is -0.389 e. The van der Waals surface area contributed by atoms with Crippen LogP contribution in [0.2, 0.25) is 0 Å². The number of nitrogens with zero attached hydrogens (tertiary/aromatic N) is 10. The van der Waals surface area contributed by atoms with Crippen molar-refractivity contribution in [2.24, 2.45) is 7.05 Å². The summed E-state index contributed by atoms with van der Waals surface area (Å²) in [4.78, 5) is 95.9. The Balaban J connectivity index is 0.862. The first-order chi connectivity index (χ1) is 35.2. The number of aromatic nitrogens is 12. The van der Waals surface area contributed by atoms with Gasteiger partial charge in [0, 0.05) is 7.11 Å². The fraction of sp³-hybridized carbons (Fsp3) is 0.531. The zero-order valence-electron chi connectivity index (χ0n) is 38.0. The van der Waals surface area contributed by atoms with Gasteiger partial charge in [-0.2, -0.15) is 13.6 Å². The largest absolute Gasteiger partial charge is 0.490 e.